The first-order valence-electron chi connectivity index (χ1n) is 21.8. The van der Waals surface area contributed by atoms with Gasteiger partial charge < -0.3 is 19.1 Å². The molecule has 0 saturated carbocycles. The summed E-state index contributed by atoms with van der Waals surface area (Å²) in [4.78, 5) is 9.50. The molecule has 3 heterocycles. The van der Waals surface area contributed by atoms with Gasteiger partial charge in [-0.2, -0.15) is 6.07 Å². The summed E-state index contributed by atoms with van der Waals surface area (Å²) in [5.41, 5.74) is 12.7. The Kier molecular flexibility index (Phi) is 12.2. The van der Waals surface area contributed by atoms with Gasteiger partial charge in [0.2, 0.25) is 0 Å². The minimum atomic E-state index is -0.138. The number of nitrogens with zero attached hydrogens (tertiary/aromatic N) is 4. The van der Waals surface area contributed by atoms with Crippen LogP contribution in [-0.2, 0) is 31.9 Å². The molecule has 0 bridgehead atoms. The standard InChI is InChI=1S/C56H61N4O.Pt/c1-36(2)45-18-16-19-46(37(3)4)53(45)38-27-28-57-52(29-38)60-49-20-15-14-17-47(49)48-26-25-43(33-50(48)60)61-44-31-40(55(8,9)10)30-42(32-44)58-34-51(56(11,12)13)59(35-58)41-23-21-39(22-24-41)54(5,6)7;/h14-31,34-37H,1-13H3;/q-3;. The number of hydrogen-bond donors (Lipinski definition) is 0. The molecule has 1 aliphatic rings. The molecule has 8 rings (SSSR count). The molecule has 324 valence electrons. The maximum absolute atomic E-state index is 6.82. The Bertz CT molecular complexity index is 2750. The fourth-order valence-corrected chi connectivity index (χ4v) is 8.45. The monoisotopic (exact) mass is 1000 g/mol. The van der Waals surface area contributed by atoms with Crippen LogP contribution >= 0.6 is 0 Å². The Hall–Kier alpha value is -5.12. The van der Waals surface area contributed by atoms with Crippen molar-refractivity contribution in [2.24, 2.45) is 5.41 Å². The summed E-state index contributed by atoms with van der Waals surface area (Å²) in [6.45, 7) is 31.6. The van der Waals surface area contributed by atoms with E-state index < -0.39 is 0 Å². The Labute approximate surface area is 385 Å². The van der Waals surface area contributed by atoms with E-state index in [-0.39, 0.29) is 37.3 Å². The van der Waals surface area contributed by atoms with Crippen molar-refractivity contribution >= 4 is 33.2 Å². The number of fused-ring (bicyclic) bond motifs is 3. The fourth-order valence-electron chi connectivity index (χ4n) is 8.45. The number of benzene rings is 5. The van der Waals surface area contributed by atoms with E-state index in [4.69, 9.17) is 9.72 Å². The Morgan fingerprint density at radius 3 is 1.92 bits per heavy atom. The first kappa shape index (κ1) is 44.9. The number of anilines is 2. The van der Waals surface area contributed by atoms with Crippen molar-refractivity contribution in [2.75, 3.05) is 9.80 Å². The molecule has 6 heteroatoms. The van der Waals surface area contributed by atoms with E-state index in [1.807, 2.05) is 12.3 Å². The van der Waals surface area contributed by atoms with Crippen molar-refractivity contribution < 1.29 is 25.8 Å². The van der Waals surface area contributed by atoms with Crippen molar-refractivity contribution in [2.45, 2.75) is 113 Å². The van der Waals surface area contributed by atoms with Crippen molar-refractivity contribution in [1.82, 2.24) is 9.55 Å². The molecule has 7 aromatic rings. The van der Waals surface area contributed by atoms with Crippen LogP contribution in [0.1, 0.15) is 124 Å². The van der Waals surface area contributed by atoms with Crippen LogP contribution in [0.5, 0.6) is 11.5 Å². The van der Waals surface area contributed by atoms with Crippen molar-refractivity contribution in [1.29, 1.82) is 0 Å². The van der Waals surface area contributed by atoms with Crippen molar-refractivity contribution in [3.05, 3.63) is 162 Å². The zero-order valence-corrected chi connectivity index (χ0v) is 41.0. The molecule has 0 spiro atoms. The zero-order valence-electron chi connectivity index (χ0n) is 38.7. The van der Waals surface area contributed by atoms with Gasteiger partial charge in [0.05, 0.1) is 0 Å². The van der Waals surface area contributed by atoms with Gasteiger partial charge in [-0.05, 0) is 92.4 Å². The van der Waals surface area contributed by atoms with Crippen LogP contribution in [0.4, 0.5) is 11.4 Å². The summed E-state index contributed by atoms with van der Waals surface area (Å²) in [6, 6.07) is 44.5. The number of para-hydroxylation sites is 1. The average Bonchev–Trinajstić information content (AvgIpc) is 3.81. The molecule has 0 aliphatic carbocycles. The van der Waals surface area contributed by atoms with Crippen LogP contribution in [-0.4, -0.2) is 9.55 Å². The zero-order chi connectivity index (χ0) is 43.6. The molecule has 62 heavy (non-hydrogen) atoms. The van der Waals surface area contributed by atoms with Gasteiger partial charge in [0.1, 0.15) is 5.82 Å². The molecule has 2 aromatic heterocycles. The van der Waals surface area contributed by atoms with Crippen molar-refractivity contribution in [3.63, 3.8) is 0 Å². The second kappa shape index (κ2) is 16.9. The van der Waals surface area contributed by atoms with E-state index in [0.29, 0.717) is 23.3 Å². The third-order valence-electron chi connectivity index (χ3n) is 11.9. The minimum Gasteiger partial charge on any atom is -0.509 e. The Balaban J connectivity index is 0.00000578. The van der Waals surface area contributed by atoms with Crippen LogP contribution < -0.4 is 14.5 Å². The van der Waals surface area contributed by atoms with Gasteiger partial charge in [-0.3, -0.25) is 0 Å². The predicted octanol–water partition coefficient (Wildman–Crippen LogP) is 15.4. The van der Waals surface area contributed by atoms with E-state index in [1.165, 1.54) is 33.5 Å². The summed E-state index contributed by atoms with van der Waals surface area (Å²) >= 11 is 0. The molecule has 0 saturated heterocycles. The molecule has 0 unspecified atom stereocenters. The SMILES string of the molecule is CC(C)c1cccc(C(C)C)c1-c1ccnc(-n2c3[c-]c(Oc4[c-]c(N5C=C(C(C)(C)C)N(c6ccc(C(C)(C)C)cc6)[CH-]5)cc(C(C)(C)C)c4)ccc3c3ccccc32)c1.[Pt]. The second-order valence-electron chi connectivity index (χ2n) is 20.4. The normalized spacial score (nSPS) is 13.7. The summed E-state index contributed by atoms with van der Waals surface area (Å²) in [5, 5.41) is 2.24. The Morgan fingerprint density at radius 1 is 0.629 bits per heavy atom. The molecule has 5 aromatic carbocycles. The van der Waals surface area contributed by atoms with E-state index in [2.05, 4.69) is 226 Å². The van der Waals surface area contributed by atoms with Crippen LogP contribution in [0.15, 0.2) is 121 Å². The number of aromatic nitrogens is 2. The largest absolute Gasteiger partial charge is 0.509 e. The molecule has 0 radical (unpaired) electrons. The minimum absolute atomic E-state index is 0. The fraction of sp³-hybridized carbons (Fsp3) is 0.321. The van der Waals surface area contributed by atoms with Gasteiger partial charge >= 0.3 is 0 Å². The Morgan fingerprint density at radius 2 is 1.29 bits per heavy atom. The molecular weight excluding hydrogens is 940 g/mol. The molecular formula is C56H61N4OPt-3. The van der Waals surface area contributed by atoms with Gasteiger partial charge in [-0.15, -0.1) is 53.6 Å². The van der Waals surface area contributed by atoms with Gasteiger partial charge in [0, 0.05) is 61.1 Å². The average molecular weight is 1000 g/mol. The predicted molar refractivity (Wildman–Crippen MR) is 257 cm³/mol. The molecule has 5 nitrogen and oxygen atoms in total. The van der Waals surface area contributed by atoms with Gasteiger partial charge in [0.25, 0.3) is 0 Å². The van der Waals surface area contributed by atoms with Crippen LogP contribution in [0.25, 0.3) is 38.8 Å². The number of allylic oxidation sites excluding steroid dienone is 1. The maximum Gasteiger partial charge on any atom is 0.136 e. The summed E-state index contributed by atoms with van der Waals surface area (Å²) in [5.74, 6) is 2.86. The van der Waals surface area contributed by atoms with Gasteiger partial charge in [0.15, 0.2) is 0 Å². The first-order valence-corrected chi connectivity index (χ1v) is 21.8. The van der Waals surface area contributed by atoms with Gasteiger partial charge in [-0.25, -0.2) is 4.98 Å². The molecule has 0 fully saturated rings. The third-order valence-corrected chi connectivity index (χ3v) is 11.9. The first-order chi connectivity index (χ1) is 28.8. The maximum atomic E-state index is 6.82. The van der Waals surface area contributed by atoms with E-state index in [9.17, 15) is 0 Å². The summed E-state index contributed by atoms with van der Waals surface area (Å²) in [6.07, 6.45) is 4.18. The molecule has 0 N–H and O–H groups in total. The molecule has 1 aliphatic heterocycles. The smallest absolute Gasteiger partial charge is 0.136 e. The quantitative estimate of drug-likeness (QED) is 0.142. The van der Waals surface area contributed by atoms with Crippen LogP contribution in [0.3, 0.4) is 0 Å². The second-order valence-corrected chi connectivity index (χ2v) is 20.4. The van der Waals surface area contributed by atoms with E-state index >= 15 is 0 Å². The van der Waals surface area contributed by atoms with Crippen LogP contribution in [0, 0.1) is 24.2 Å². The van der Waals surface area contributed by atoms with Gasteiger partial charge in [-0.1, -0.05) is 144 Å². The molecule has 0 atom stereocenters. The number of hydrogen-bond acceptors (Lipinski definition) is 4. The number of ether oxygens (including phenoxy) is 1. The van der Waals surface area contributed by atoms with E-state index in [1.54, 1.807) is 0 Å². The topological polar surface area (TPSA) is 33.5 Å². The number of rotatable bonds is 8. The third kappa shape index (κ3) is 8.76. The molecule has 0 amide bonds. The van der Waals surface area contributed by atoms with Crippen molar-refractivity contribution in [3.8, 4) is 28.4 Å². The number of pyridine rings is 1. The summed E-state index contributed by atoms with van der Waals surface area (Å²) < 4.78 is 9.05. The van der Waals surface area contributed by atoms with Crippen LogP contribution in [0.2, 0.25) is 0 Å². The summed E-state index contributed by atoms with van der Waals surface area (Å²) in [7, 11) is 0. The van der Waals surface area contributed by atoms with E-state index in [0.717, 1.165) is 44.6 Å².